The normalized spacial score (nSPS) is 14.2. The fourth-order valence-corrected chi connectivity index (χ4v) is 2.14. The average molecular weight is 322 g/mol. The topological polar surface area (TPSA) is 55.8 Å². The maximum absolute atomic E-state index is 11.7. The summed E-state index contributed by atoms with van der Waals surface area (Å²) in [7, 11) is 1.78. The number of carbonyl (C=O) groups is 1. The van der Waals surface area contributed by atoms with Gasteiger partial charge in [0.2, 0.25) is 5.91 Å². The summed E-state index contributed by atoms with van der Waals surface area (Å²) in [5, 5.41) is 12.1. The highest BCUT2D eigenvalue weighted by atomic mass is 35.5. The Morgan fingerprint density at radius 3 is 2.20 bits per heavy atom. The van der Waals surface area contributed by atoms with Crippen molar-refractivity contribution in [3.05, 3.63) is 24.3 Å². The number of hydrogen-bond donors (Lipinski definition) is 2. The lowest BCUT2D eigenvalue weighted by atomic mass is 10.2. The van der Waals surface area contributed by atoms with Crippen LogP contribution in [0.2, 0.25) is 0 Å². The lowest BCUT2D eigenvalue weighted by Gasteiger charge is -2.36. The van der Waals surface area contributed by atoms with Crippen molar-refractivity contribution < 1.29 is 9.90 Å². The van der Waals surface area contributed by atoms with Crippen molar-refractivity contribution in [3.8, 4) is 5.75 Å². The molecule has 1 aromatic carbocycles. The van der Waals surface area contributed by atoms with Gasteiger partial charge in [0.25, 0.3) is 0 Å². The number of aromatic hydroxyl groups is 1. The third kappa shape index (κ3) is 4.74. The Morgan fingerprint density at radius 1 is 1.15 bits per heavy atom. The first-order valence-electron chi connectivity index (χ1n) is 6.17. The largest absolute Gasteiger partial charge is 0.508 e. The first-order chi connectivity index (χ1) is 8.70. The molecule has 1 aliphatic rings. The Balaban J connectivity index is 0.00000180. The van der Waals surface area contributed by atoms with E-state index < -0.39 is 0 Å². The number of benzene rings is 1. The van der Waals surface area contributed by atoms with E-state index in [2.05, 4.69) is 10.2 Å². The van der Waals surface area contributed by atoms with Crippen LogP contribution in [-0.2, 0) is 4.79 Å². The Kier molecular flexibility index (Phi) is 8.37. The fourth-order valence-electron chi connectivity index (χ4n) is 2.14. The minimum absolute atomic E-state index is 0. The number of hydrogen-bond acceptors (Lipinski definition) is 4. The van der Waals surface area contributed by atoms with E-state index >= 15 is 0 Å². The van der Waals surface area contributed by atoms with E-state index in [0.717, 1.165) is 31.9 Å². The van der Waals surface area contributed by atoms with Crippen LogP contribution in [-0.4, -0.2) is 55.7 Å². The molecular formula is C13H21Cl2N3O2. The SMILES string of the molecule is CNCC(=O)N1CCN(c2ccc(O)cc2)CC1.Cl.Cl. The van der Waals surface area contributed by atoms with Gasteiger partial charge in [-0.15, -0.1) is 24.8 Å². The second-order valence-electron chi connectivity index (χ2n) is 4.41. The summed E-state index contributed by atoms with van der Waals surface area (Å²) >= 11 is 0. The molecule has 0 unspecified atom stereocenters. The summed E-state index contributed by atoms with van der Waals surface area (Å²) in [5.41, 5.74) is 1.09. The highest BCUT2D eigenvalue weighted by molar-refractivity contribution is 5.85. The van der Waals surface area contributed by atoms with Crippen molar-refractivity contribution >= 4 is 36.4 Å². The van der Waals surface area contributed by atoms with Crippen molar-refractivity contribution in [2.24, 2.45) is 0 Å². The van der Waals surface area contributed by atoms with E-state index in [1.807, 2.05) is 17.0 Å². The van der Waals surface area contributed by atoms with Gasteiger partial charge in [-0.25, -0.2) is 0 Å². The van der Waals surface area contributed by atoms with Crippen LogP contribution in [0.5, 0.6) is 5.75 Å². The van der Waals surface area contributed by atoms with Gasteiger partial charge in [0.15, 0.2) is 0 Å². The van der Waals surface area contributed by atoms with Crippen LogP contribution in [0.15, 0.2) is 24.3 Å². The minimum atomic E-state index is 0. The fraction of sp³-hybridized carbons (Fsp3) is 0.462. The molecule has 114 valence electrons. The molecule has 0 bridgehead atoms. The van der Waals surface area contributed by atoms with Gasteiger partial charge in [0.05, 0.1) is 6.54 Å². The Hall–Kier alpha value is -1.17. The van der Waals surface area contributed by atoms with Crippen molar-refractivity contribution in [2.75, 3.05) is 44.7 Å². The quantitative estimate of drug-likeness (QED) is 0.875. The molecule has 1 saturated heterocycles. The van der Waals surface area contributed by atoms with Gasteiger partial charge in [-0.2, -0.15) is 0 Å². The molecular weight excluding hydrogens is 301 g/mol. The number of nitrogens with zero attached hydrogens (tertiary/aromatic N) is 2. The first-order valence-corrected chi connectivity index (χ1v) is 6.17. The van der Waals surface area contributed by atoms with E-state index in [0.29, 0.717) is 6.54 Å². The number of carbonyl (C=O) groups excluding carboxylic acids is 1. The predicted octanol–water partition coefficient (Wildman–Crippen LogP) is 1.10. The number of halogens is 2. The van der Waals surface area contributed by atoms with E-state index in [1.165, 1.54) is 0 Å². The molecule has 2 rings (SSSR count). The van der Waals surface area contributed by atoms with Gasteiger partial charge in [-0.3, -0.25) is 4.79 Å². The third-order valence-electron chi connectivity index (χ3n) is 3.18. The van der Waals surface area contributed by atoms with Gasteiger partial charge >= 0.3 is 0 Å². The molecule has 1 aliphatic heterocycles. The summed E-state index contributed by atoms with van der Waals surface area (Å²) in [6.45, 7) is 3.57. The van der Waals surface area contributed by atoms with Gasteiger partial charge in [0.1, 0.15) is 5.75 Å². The Morgan fingerprint density at radius 2 is 1.70 bits per heavy atom. The van der Waals surface area contributed by atoms with Crippen molar-refractivity contribution in [1.82, 2.24) is 10.2 Å². The van der Waals surface area contributed by atoms with Gasteiger partial charge in [-0.05, 0) is 31.3 Å². The van der Waals surface area contributed by atoms with Gasteiger partial charge in [0, 0.05) is 31.9 Å². The lowest BCUT2D eigenvalue weighted by molar-refractivity contribution is -0.130. The standard InChI is InChI=1S/C13H19N3O2.2ClH/c1-14-10-13(18)16-8-6-15(7-9-16)11-2-4-12(17)5-3-11;;/h2-5,14,17H,6-10H2,1H3;2*1H. The molecule has 1 fully saturated rings. The molecule has 5 nitrogen and oxygen atoms in total. The molecule has 0 radical (unpaired) electrons. The number of phenols is 1. The van der Waals surface area contributed by atoms with Crippen molar-refractivity contribution in [3.63, 3.8) is 0 Å². The summed E-state index contributed by atoms with van der Waals surface area (Å²) in [4.78, 5) is 15.8. The number of nitrogens with one attached hydrogen (secondary N) is 1. The number of likely N-dealkylation sites (N-methyl/N-ethyl adjacent to an activating group) is 1. The van der Waals surface area contributed by atoms with E-state index in [-0.39, 0.29) is 36.5 Å². The first kappa shape index (κ1) is 18.8. The summed E-state index contributed by atoms with van der Waals surface area (Å²) in [6.07, 6.45) is 0. The number of phenolic OH excluding ortho intramolecular Hbond substituents is 1. The van der Waals surface area contributed by atoms with E-state index in [4.69, 9.17) is 0 Å². The molecule has 0 saturated carbocycles. The Bertz CT molecular complexity index is 407. The van der Waals surface area contributed by atoms with E-state index in [1.54, 1.807) is 19.2 Å². The zero-order valence-electron chi connectivity index (χ0n) is 11.4. The summed E-state index contributed by atoms with van der Waals surface area (Å²) in [6, 6.07) is 7.18. The maximum Gasteiger partial charge on any atom is 0.236 e. The van der Waals surface area contributed by atoms with Crippen LogP contribution in [0, 0.1) is 0 Å². The molecule has 0 atom stereocenters. The van der Waals surface area contributed by atoms with Crippen LogP contribution in [0.4, 0.5) is 5.69 Å². The summed E-state index contributed by atoms with van der Waals surface area (Å²) in [5.74, 6) is 0.435. The van der Waals surface area contributed by atoms with Crippen LogP contribution >= 0.6 is 24.8 Å². The van der Waals surface area contributed by atoms with Crippen molar-refractivity contribution in [1.29, 1.82) is 0 Å². The second kappa shape index (κ2) is 8.89. The van der Waals surface area contributed by atoms with Gasteiger partial charge in [-0.1, -0.05) is 0 Å². The highest BCUT2D eigenvalue weighted by Crippen LogP contribution is 2.19. The maximum atomic E-state index is 11.7. The second-order valence-corrected chi connectivity index (χ2v) is 4.41. The van der Waals surface area contributed by atoms with Crippen LogP contribution < -0.4 is 10.2 Å². The zero-order chi connectivity index (χ0) is 13.0. The number of amides is 1. The zero-order valence-corrected chi connectivity index (χ0v) is 13.0. The monoisotopic (exact) mass is 321 g/mol. The minimum Gasteiger partial charge on any atom is -0.508 e. The average Bonchev–Trinajstić information content (AvgIpc) is 2.40. The third-order valence-corrected chi connectivity index (χ3v) is 3.18. The number of piperazine rings is 1. The molecule has 1 heterocycles. The molecule has 0 aromatic heterocycles. The molecule has 7 heteroatoms. The highest BCUT2D eigenvalue weighted by Gasteiger charge is 2.20. The molecule has 2 N–H and O–H groups in total. The molecule has 0 aliphatic carbocycles. The van der Waals surface area contributed by atoms with Crippen LogP contribution in [0.1, 0.15) is 0 Å². The lowest BCUT2D eigenvalue weighted by Crippen LogP contribution is -2.50. The summed E-state index contributed by atoms with van der Waals surface area (Å²) < 4.78 is 0. The molecule has 20 heavy (non-hydrogen) atoms. The molecule has 1 aromatic rings. The number of rotatable bonds is 3. The van der Waals surface area contributed by atoms with E-state index in [9.17, 15) is 9.90 Å². The molecule has 0 spiro atoms. The number of anilines is 1. The van der Waals surface area contributed by atoms with Crippen LogP contribution in [0.25, 0.3) is 0 Å². The molecule has 1 amide bonds. The predicted molar refractivity (Wildman–Crippen MR) is 85.3 cm³/mol. The Labute approximate surface area is 131 Å². The van der Waals surface area contributed by atoms with Gasteiger partial charge < -0.3 is 20.2 Å². The van der Waals surface area contributed by atoms with Crippen molar-refractivity contribution in [2.45, 2.75) is 0 Å². The smallest absolute Gasteiger partial charge is 0.236 e. The van der Waals surface area contributed by atoms with Crippen LogP contribution in [0.3, 0.4) is 0 Å².